The molecule has 0 fully saturated rings. The average Bonchev–Trinajstić information content (AvgIpc) is 3.21. The Kier molecular flexibility index (Phi) is 4.76. The molecule has 2 heterocycles. The first-order valence-corrected chi connectivity index (χ1v) is 9.12. The van der Waals surface area contributed by atoms with E-state index in [2.05, 4.69) is 10.3 Å². The lowest BCUT2D eigenvalue weighted by Crippen LogP contribution is -2.30. The normalized spacial score (nSPS) is 15.2. The van der Waals surface area contributed by atoms with Gasteiger partial charge in [0.25, 0.3) is 11.5 Å². The summed E-state index contributed by atoms with van der Waals surface area (Å²) in [4.78, 5) is 30.3. The third-order valence-electron chi connectivity index (χ3n) is 4.79. The molecule has 1 atom stereocenters. The Morgan fingerprint density at radius 3 is 2.71 bits per heavy atom. The van der Waals surface area contributed by atoms with Gasteiger partial charge < -0.3 is 15.6 Å². The van der Waals surface area contributed by atoms with Gasteiger partial charge in [0.15, 0.2) is 0 Å². The zero-order valence-corrected chi connectivity index (χ0v) is 15.2. The highest BCUT2D eigenvalue weighted by atomic mass is 16.2. The maximum Gasteiger partial charge on any atom is 0.263 e. The summed E-state index contributed by atoms with van der Waals surface area (Å²) in [6.07, 6.45) is 6.31. The van der Waals surface area contributed by atoms with Gasteiger partial charge in [0.05, 0.1) is 11.6 Å². The molecular weight excluding hydrogens is 352 g/mol. The van der Waals surface area contributed by atoms with E-state index in [1.807, 2.05) is 42.5 Å². The minimum Gasteiger partial charge on any atom is -0.398 e. The van der Waals surface area contributed by atoms with Crippen LogP contribution >= 0.6 is 0 Å². The number of hydrogen-bond donors (Lipinski definition) is 2. The minimum atomic E-state index is -0.450. The molecule has 3 aromatic rings. The van der Waals surface area contributed by atoms with Crippen LogP contribution in [0.15, 0.2) is 76.5 Å². The summed E-state index contributed by atoms with van der Waals surface area (Å²) in [7, 11) is 0. The fraction of sp³-hybridized carbons (Fsp3) is 0.136. The quantitative estimate of drug-likeness (QED) is 0.674. The standard InChI is InChI=1S/C22H20N4O2/c23-19-9-4-10-20-17(19)14-18(21(27)25-16-6-2-1-3-7-16)22(28)26(20)13-11-15-8-5-12-24-15/h1-10,12,14-15H,11,13,23H2,(H,25,27). The van der Waals surface area contributed by atoms with Crippen LogP contribution in [0, 0.1) is 0 Å². The Labute approximate surface area is 162 Å². The Morgan fingerprint density at radius 2 is 1.96 bits per heavy atom. The first-order valence-electron chi connectivity index (χ1n) is 9.12. The number of nitrogens with two attached hydrogens (primary N) is 1. The van der Waals surface area contributed by atoms with Crippen molar-refractivity contribution in [3.63, 3.8) is 0 Å². The van der Waals surface area contributed by atoms with Crippen LogP contribution in [0.25, 0.3) is 10.9 Å². The van der Waals surface area contributed by atoms with E-state index >= 15 is 0 Å². The Bertz CT molecular complexity index is 1130. The number of aromatic nitrogens is 1. The highest BCUT2D eigenvalue weighted by Gasteiger charge is 2.18. The third kappa shape index (κ3) is 3.44. The smallest absolute Gasteiger partial charge is 0.263 e. The number of aryl methyl sites for hydroxylation is 1. The predicted octanol–water partition coefficient (Wildman–Crippen LogP) is 3.24. The highest BCUT2D eigenvalue weighted by molar-refractivity contribution is 6.06. The molecule has 140 valence electrons. The average molecular weight is 372 g/mol. The number of aliphatic imine (C=N–C) groups is 1. The fourth-order valence-electron chi connectivity index (χ4n) is 3.35. The number of nitrogens with one attached hydrogen (secondary N) is 1. The number of amides is 1. The van der Waals surface area contributed by atoms with Crippen LogP contribution in [0.3, 0.4) is 0 Å². The van der Waals surface area contributed by atoms with Crippen LogP contribution in [-0.2, 0) is 6.54 Å². The summed E-state index contributed by atoms with van der Waals surface area (Å²) >= 11 is 0. The van der Waals surface area contributed by atoms with Gasteiger partial charge in [0.2, 0.25) is 0 Å². The molecule has 0 radical (unpaired) electrons. The number of fused-ring (bicyclic) bond motifs is 1. The number of pyridine rings is 1. The maximum absolute atomic E-state index is 13.1. The van der Waals surface area contributed by atoms with Gasteiger partial charge in [-0.1, -0.05) is 30.3 Å². The van der Waals surface area contributed by atoms with Gasteiger partial charge in [-0.2, -0.15) is 0 Å². The number of carbonyl (C=O) groups excluding carboxylic acids is 1. The topological polar surface area (TPSA) is 89.5 Å². The number of carbonyl (C=O) groups is 1. The molecule has 1 aliphatic rings. The zero-order chi connectivity index (χ0) is 19.5. The number of anilines is 2. The van der Waals surface area contributed by atoms with Crippen LogP contribution in [0.2, 0.25) is 0 Å². The Morgan fingerprint density at radius 1 is 1.14 bits per heavy atom. The largest absolute Gasteiger partial charge is 0.398 e. The van der Waals surface area contributed by atoms with Gasteiger partial charge >= 0.3 is 0 Å². The van der Waals surface area contributed by atoms with Crippen molar-refractivity contribution >= 4 is 34.4 Å². The SMILES string of the molecule is Nc1cccc2c1cc(C(=O)Nc1ccccc1)c(=O)n2CCC1C=CC=N1. The molecule has 6 heteroatoms. The molecule has 6 nitrogen and oxygen atoms in total. The number of allylic oxidation sites excluding steroid dienone is 1. The molecule has 0 spiro atoms. The van der Waals surface area contributed by atoms with Gasteiger partial charge in [-0.3, -0.25) is 14.6 Å². The summed E-state index contributed by atoms with van der Waals surface area (Å²) in [5, 5.41) is 3.47. The molecule has 28 heavy (non-hydrogen) atoms. The third-order valence-corrected chi connectivity index (χ3v) is 4.79. The van der Waals surface area contributed by atoms with E-state index in [1.165, 1.54) is 0 Å². The van der Waals surface area contributed by atoms with Gasteiger partial charge in [0, 0.05) is 29.5 Å². The summed E-state index contributed by atoms with van der Waals surface area (Å²) in [6.45, 7) is 0.442. The fourth-order valence-corrected chi connectivity index (χ4v) is 3.35. The van der Waals surface area contributed by atoms with Gasteiger partial charge in [-0.25, -0.2) is 0 Å². The molecule has 1 unspecified atom stereocenters. The van der Waals surface area contributed by atoms with Gasteiger partial charge in [0.1, 0.15) is 5.56 Å². The molecule has 0 bridgehead atoms. The number of para-hydroxylation sites is 1. The molecule has 0 saturated heterocycles. The van der Waals surface area contributed by atoms with Gasteiger partial charge in [-0.15, -0.1) is 0 Å². The molecule has 0 saturated carbocycles. The predicted molar refractivity (Wildman–Crippen MR) is 113 cm³/mol. The first kappa shape index (κ1) is 17.7. The van der Waals surface area contributed by atoms with Crippen LogP contribution in [-0.4, -0.2) is 22.7 Å². The number of nitrogen functional groups attached to an aromatic ring is 1. The van der Waals surface area contributed by atoms with Crippen molar-refractivity contribution < 1.29 is 4.79 Å². The molecule has 1 amide bonds. The molecule has 4 rings (SSSR count). The lowest BCUT2D eigenvalue weighted by atomic mass is 10.1. The van der Waals surface area contributed by atoms with Crippen molar-refractivity contribution in [1.82, 2.24) is 4.57 Å². The molecule has 1 aromatic heterocycles. The Hall–Kier alpha value is -3.67. The Balaban J connectivity index is 1.75. The highest BCUT2D eigenvalue weighted by Crippen LogP contribution is 2.22. The van der Waals surface area contributed by atoms with Gasteiger partial charge in [-0.05, 0) is 42.8 Å². The van der Waals surface area contributed by atoms with Crippen molar-refractivity contribution in [1.29, 1.82) is 0 Å². The van der Waals surface area contributed by atoms with E-state index < -0.39 is 5.91 Å². The van der Waals surface area contributed by atoms with Crippen LogP contribution in [0.5, 0.6) is 0 Å². The molecule has 1 aliphatic heterocycles. The van der Waals surface area contributed by atoms with E-state index in [0.717, 1.165) is 0 Å². The second-order valence-electron chi connectivity index (χ2n) is 6.65. The molecule has 3 N–H and O–H groups in total. The van der Waals surface area contributed by atoms with Crippen molar-refractivity contribution in [3.8, 4) is 0 Å². The second kappa shape index (κ2) is 7.52. The van der Waals surface area contributed by atoms with Crippen molar-refractivity contribution in [2.24, 2.45) is 4.99 Å². The maximum atomic E-state index is 13.1. The number of benzene rings is 2. The van der Waals surface area contributed by atoms with Crippen molar-refractivity contribution in [3.05, 3.63) is 82.7 Å². The van der Waals surface area contributed by atoms with E-state index in [1.54, 1.807) is 35.0 Å². The van der Waals surface area contributed by atoms with Crippen LogP contribution in [0.4, 0.5) is 11.4 Å². The first-order chi connectivity index (χ1) is 13.6. The lowest BCUT2D eigenvalue weighted by molar-refractivity contribution is 0.102. The number of nitrogens with zero attached hydrogens (tertiary/aromatic N) is 2. The van der Waals surface area contributed by atoms with E-state index in [-0.39, 0.29) is 17.2 Å². The summed E-state index contributed by atoms with van der Waals surface area (Å²) in [5.41, 5.74) is 7.74. The monoisotopic (exact) mass is 372 g/mol. The minimum absolute atomic E-state index is 0.0461. The zero-order valence-electron chi connectivity index (χ0n) is 15.2. The van der Waals surface area contributed by atoms with Crippen molar-refractivity contribution in [2.75, 3.05) is 11.1 Å². The molecule has 0 aliphatic carbocycles. The number of rotatable bonds is 5. The second-order valence-corrected chi connectivity index (χ2v) is 6.65. The summed E-state index contributed by atoms with van der Waals surface area (Å²) < 4.78 is 1.62. The van der Waals surface area contributed by atoms with E-state index in [9.17, 15) is 9.59 Å². The van der Waals surface area contributed by atoms with E-state index in [4.69, 9.17) is 5.73 Å². The number of hydrogen-bond acceptors (Lipinski definition) is 4. The van der Waals surface area contributed by atoms with Crippen LogP contribution in [0.1, 0.15) is 16.8 Å². The lowest BCUT2D eigenvalue weighted by Gasteiger charge is -2.15. The van der Waals surface area contributed by atoms with Crippen LogP contribution < -0.4 is 16.6 Å². The molecule has 2 aromatic carbocycles. The van der Waals surface area contributed by atoms with E-state index in [0.29, 0.717) is 35.2 Å². The summed E-state index contributed by atoms with van der Waals surface area (Å²) in [5.74, 6) is -0.450. The van der Waals surface area contributed by atoms with Crippen molar-refractivity contribution in [2.45, 2.75) is 19.0 Å². The summed E-state index contributed by atoms with van der Waals surface area (Å²) in [6, 6.07) is 16.1. The molecular formula is C22H20N4O2.